The van der Waals surface area contributed by atoms with Crippen molar-refractivity contribution in [2.24, 2.45) is 0 Å². The highest BCUT2D eigenvalue weighted by atomic mass is 32.2. The van der Waals surface area contributed by atoms with Crippen LogP contribution in [-0.4, -0.2) is 52.8 Å². The third-order valence-electron chi connectivity index (χ3n) is 5.05. The van der Waals surface area contributed by atoms with Gasteiger partial charge in [0.2, 0.25) is 10.0 Å². The number of rotatable bonds is 8. The number of methoxy groups -OCH3 is 1. The fraction of sp³-hybridized carbons (Fsp3) is 0.364. The Kier molecular flexibility index (Phi) is 6.43. The van der Waals surface area contributed by atoms with E-state index in [1.165, 1.54) is 32.2 Å². The molecule has 1 aliphatic heterocycles. The maximum absolute atomic E-state index is 12.6. The molecule has 1 heterocycles. The zero-order valence-electron chi connectivity index (χ0n) is 18.1. The molecule has 176 valence electrons. The minimum atomic E-state index is -3.87. The highest BCUT2D eigenvalue weighted by molar-refractivity contribution is 7.89. The van der Waals surface area contributed by atoms with Gasteiger partial charge < -0.3 is 24.3 Å². The van der Waals surface area contributed by atoms with Gasteiger partial charge in [-0.1, -0.05) is 0 Å². The summed E-state index contributed by atoms with van der Waals surface area (Å²) in [6.45, 7) is 2.28. The Hall–Kier alpha value is -3.31. The van der Waals surface area contributed by atoms with Gasteiger partial charge in [0.25, 0.3) is 5.91 Å². The van der Waals surface area contributed by atoms with E-state index in [4.69, 9.17) is 18.9 Å². The topological polar surface area (TPSA) is 129 Å². The molecule has 0 radical (unpaired) electrons. The molecule has 0 bridgehead atoms. The average Bonchev–Trinajstić information content (AvgIpc) is 3.61. The standard InChI is InChI=1S/C22H24N2O8S/c1-13(21(25)23-16-6-8-17-19(12-16)31-10-9-30-17)32-22(26)14-3-7-18(29-2)20(11-14)33(27,28)24-15-4-5-15/h3,6-8,11-13,15,24H,4-5,9-10H2,1-2H3,(H,23,25). The smallest absolute Gasteiger partial charge is 0.338 e. The summed E-state index contributed by atoms with van der Waals surface area (Å²) in [6.07, 6.45) is 0.385. The van der Waals surface area contributed by atoms with Gasteiger partial charge in [-0.3, -0.25) is 4.79 Å². The van der Waals surface area contributed by atoms with E-state index < -0.39 is 28.0 Å². The first-order valence-corrected chi connectivity index (χ1v) is 11.9. The summed E-state index contributed by atoms with van der Waals surface area (Å²) in [4.78, 5) is 25.0. The molecule has 11 heteroatoms. The van der Waals surface area contributed by atoms with Crippen LogP contribution in [0.4, 0.5) is 5.69 Å². The summed E-state index contributed by atoms with van der Waals surface area (Å²) < 4.78 is 49.2. The molecule has 1 fully saturated rings. The first kappa shape index (κ1) is 22.9. The monoisotopic (exact) mass is 476 g/mol. The number of fused-ring (bicyclic) bond motifs is 1. The van der Waals surface area contributed by atoms with Crippen molar-refractivity contribution in [3.63, 3.8) is 0 Å². The number of amides is 1. The first-order chi connectivity index (χ1) is 15.8. The van der Waals surface area contributed by atoms with Crippen molar-refractivity contribution in [1.29, 1.82) is 0 Å². The Bertz CT molecular complexity index is 1180. The SMILES string of the molecule is COc1ccc(C(=O)OC(C)C(=O)Nc2ccc3c(c2)OCCO3)cc1S(=O)(=O)NC1CC1. The lowest BCUT2D eigenvalue weighted by molar-refractivity contribution is -0.123. The van der Waals surface area contributed by atoms with Crippen molar-refractivity contribution in [2.45, 2.75) is 36.8 Å². The average molecular weight is 477 g/mol. The molecule has 4 rings (SSSR count). The molecule has 0 aromatic heterocycles. The minimum absolute atomic E-state index is 0.0223. The predicted molar refractivity (Wildman–Crippen MR) is 117 cm³/mol. The molecule has 10 nitrogen and oxygen atoms in total. The van der Waals surface area contributed by atoms with Crippen LogP contribution in [0.3, 0.4) is 0 Å². The van der Waals surface area contributed by atoms with Crippen molar-refractivity contribution >= 4 is 27.6 Å². The second-order valence-electron chi connectivity index (χ2n) is 7.66. The summed E-state index contributed by atoms with van der Waals surface area (Å²) in [7, 11) is -2.53. The number of sulfonamides is 1. The molecule has 2 N–H and O–H groups in total. The van der Waals surface area contributed by atoms with Gasteiger partial charge >= 0.3 is 5.97 Å². The molecule has 2 aliphatic rings. The zero-order chi connectivity index (χ0) is 23.6. The molecular formula is C22H24N2O8S. The molecule has 1 atom stereocenters. The fourth-order valence-corrected chi connectivity index (χ4v) is 4.64. The number of carbonyl (C=O) groups excluding carboxylic acids is 2. The lowest BCUT2D eigenvalue weighted by Gasteiger charge is -2.19. The number of hydrogen-bond acceptors (Lipinski definition) is 8. The van der Waals surface area contributed by atoms with Crippen LogP contribution >= 0.6 is 0 Å². The van der Waals surface area contributed by atoms with Crippen molar-refractivity contribution in [1.82, 2.24) is 4.72 Å². The fourth-order valence-electron chi connectivity index (χ4n) is 3.14. The molecule has 0 spiro atoms. The van der Waals surface area contributed by atoms with E-state index in [-0.39, 0.29) is 22.3 Å². The van der Waals surface area contributed by atoms with E-state index >= 15 is 0 Å². The van der Waals surface area contributed by atoms with E-state index in [0.717, 1.165) is 12.8 Å². The third kappa shape index (κ3) is 5.37. The molecule has 33 heavy (non-hydrogen) atoms. The van der Waals surface area contributed by atoms with Gasteiger partial charge in [-0.05, 0) is 50.1 Å². The molecule has 1 unspecified atom stereocenters. The third-order valence-corrected chi connectivity index (χ3v) is 6.59. The Labute approximate surface area is 191 Å². The van der Waals surface area contributed by atoms with Crippen LogP contribution in [0.2, 0.25) is 0 Å². The van der Waals surface area contributed by atoms with Crippen LogP contribution in [0.5, 0.6) is 17.2 Å². The van der Waals surface area contributed by atoms with Crippen molar-refractivity contribution in [3.05, 3.63) is 42.0 Å². The van der Waals surface area contributed by atoms with Gasteiger partial charge in [0.05, 0.1) is 12.7 Å². The molecule has 1 amide bonds. The van der Waals surface area contributed by atoms with Gasteiger partial charge in [0.1, 0.15) is 23.9 Å². The number of anilines is 1. The highest BCUT2D eigenvalue weighted by Gasteiger charge is 2.31. The number of nitrogens with one attached hydrogen (secondary N) is 2. The van der Waals surface area contributed by atoms with E-state index in [0.29, 0.717) is 30.4 Å². The number of ether oxygens (including phenoxy) is 4. The predicted octanol–water partition coefficient (Wildman–Crippen LogP) is 2.09. The summed E-state index contributed by atoms with van der Waals surface area (Å²) in [5, 5.41) is 2.65. The largest absolute Gasteiger partial charge is 0.495 e. The second kappa shape index (κ2) is 9.28. The van der Waals surface area contributed by atoms with Crippen LogP contribution in [0.1, 0.15) is 30.1 Å². The Morgan fingerprint density at radius 1 is 1.06 bits per heavy atom. The lowest BCUT2D eigenvalue weighted by Crippen LogP contribution is -2.30. The first-order valence-electron chi connectivity index (χ1n) is 10.4. The van der Waals surface area contributed by atoms with Gasteiger partial charge in [0, 0.05) is 17.8 Å². The van der Waals surface area contributed by atoms with Crippen LogP contribution in [0, 0.1) is 0 Å². The second-order valence-corrected chi connectivity index (χ2v) is 9.34. The molecule has 2 aromatic rings. The number of esters is 1. The molecule has 1 aliphatic carbocycles. The zero-order valence-corrected chi connectivity index (χ0v) is 18.9. The molecular weight excluding hydrogens is 452 g/mol. The summed E-state index contributed by atoms with van der Waals surface area (Å²) in [6, 6.07) is 8.76. The van der Waals surface area contributed by atoms with Crippen LogP contribution in [-0.2, 0) is 19.6 Å². The lowest BCUT2D eigenvalue weighted by atomic mass is 10.2. The normalized spacial score (nSPS) is 15.9. The number of benzene rings is 2. The van der Waals surface area contributed by atoms with E-state index in [1.54, 1.807) is 18.2 Å². The van der Waals surface area contributed by atoms with Crippen LogP contribution < -0.4 is 24.2 Å². The van der Waals surface area contributed by atoms with Gasteiger partial charge in [-0.25, -0.2) is 17.9 Å². The Morgan fingerprint density at radius 2 is 1.79 bits per heavy atom. The highest BCUT2D eigenvalue weighted by Crippen LogP contribution is 2.33. The Balaban J connectivity index is 1.44. The number of carbonyl (C=O) groups is 2. The van der Waals surface area contributed by atoms with E-state index in [1.807, 2.05) is 0 Å². The molecule has 0 saturated heterocycles. The molecule has 2 aromatic carbocycles. The summed E-state index contributed by atoms with van der Waals surface area (Å²) in [5.74, 6) is -0.207. The maximum Gasteiger partial charge on any atom is 0.338 e. The minimum Gasteiger partial charge on any atom is -0.495 e. The van der Waals surface area contributed by atoms with Gasteiger partial charge in [0.15, 0.2) is 17.6 Å². The Morgan fingerprint density at radius 3 is 2.48 bits per heavy atom. The van der Waals surface area contributed by atoms with Gasteiger partial charge in [-0.15, -0.1) is 0 Å². The van der Waals surface area contributed by atoms with E-state index in [2.05, 4.69) is 10.0 Å². The number of hydrogen-bond donors (Lipinski definition) is 2. The van der Waals surface area contributed by atoms with Crippen molar-refractivity contribution in [2.75, 3.05) is 25.6 Å². The van der Waals surface area contributed by atoms with Crippen molar-refractivity contribution < 1.29 is 37.0 Å². The van der Waals surface area contributed by atoms with Crippen LogP contribution in [0.15, 0.2) is 41.3 Å². The van der Waals surface area contributed by atoms with E-state index in [9.17, 15) is 18.0 Å². The van der Waals surface area contributed by atoms with Gasteiger partial charge in [-0.2, -0.15) is 0 Å². The summed E-state index contributed by atoms with van der Waals surface area (Å²) in [5.41, 5.74) is 0.432. The summed E-state index contributed by atoms with van der Waals surface area (Å²) >= 11 is 0. The maximum atomic E-state index is 12.6. The molecule has 1 saturated carbocycles. The quantitative estimate of drug-likeness (QED) is 0.554. The van der Waals surface area contributed by atoms with Crippen molar-refractivity contribution in [3.8, 4) is 17.2 Å². The van der Waals surface area contributed by atoms with Crippen LogP contribution in [0.25, 0.3) is 0 Å².